The van der Waals surface area contributed by atoms with E-state index in [9.17, 15) is 9.59 Å². The number of aliphatic carboxylic acids is 1. The Bertz CT molecular complexity index is 661. The molecule has 0 radical (unpaired) electrons. The highest BCUT2D eigenvalue weighted by molar-refractivity contribution is 5.95. The van der Waals surface area contributed by atoms with Gasteiger partial charge in [-0.25, -0.2) is 0 Å². The normalized spacial score (nSPS) is 20.0. The van der Waals surface area contributed by atoms with E-state index in [-0.39, 0.29) is 24.4 Å². The van der Waals surface area contributed by atoms with Crippen LogP contribution < -0.4 is 5.32 Å². The standard InChI is InChI=1S/C21H33N3O4/c1-15-19(14-22-24(15)18-9-11-28-12-10-18)21(27)23-17(7-8-20(25)26)13-16-5-3-2-4-6-16/h14,16-18H,2-13H2,1H3,(H,23,27)(H,25,26). The Balaban J connectivity index is 1.64. The first-order chi connectivity index (χ1) is 13.5. The van der Waals surface area contributed by atoms with Gasteiger partial charge in [-0.3, -0.25) is 14.3 Å². The van der Waals surface area contributed by atoms with Crippen molar-refractivity contribution >= 4 is 11.9 Å². The fourth-order valence-electron chi connectivity index (χ4n) is 4.58. The van der Waals surface area contributed by atoms with Crippen molar-refractivity contribution in [1.29, 1.82) is 0 Å². The summed E-state index contributed by atoms with van der Waals surface area (Å²) < 4.78 is 7.37. The van der Waals surface area contributed by atoms with Crippen LogP contribution in [0.2, 0.25) is 0 Å². The molecule has 1 amide bonds. The van der Waals surface area contributed by atoms with Crippen molar-refractivity contribution in [3.8, 4) is 0 Å². The number of amides is 1. The number of rotatable bonds is 8. The fourth-order valence-corrected chi connectivity index (χ4v) is 4.58. The Labute approximate surface area is 166 Å². The molecule has 2 fully saturated rings. The van der Waals surface area contributed by atoms with Gasteiger partial charge in [0.05, 0.1) is 17.8 Å². The minimum Gasteiger partial charge on any atom is -0.481 e. The molecule has 1 aromatic heterocycles. The highest BCUT2D eigenvalue weighted by atomic mass is 16.5. The lowest BCUT2D eigenvalue weighted by Gasteiger charge is -2.27. The Morgan fingerprint density at radius 2 is 1.96 bits per heavy atom. The number of carboxylic acid groups (broad SMARTS) is 1. The zero-order chi connectivity index (χ0) is 19.9. The minimum absolute atomic E-state index is 0.0813. The molecular weight excluding hydrogens is 358 g/mol. The van der Waals surface area contributed by atoms with Crippen molar-refractivity contribution in [1.82, 2.24) is 15.1 Å². The van der Waals surface area contributed by atoms with Gasteiger partial charge in [-0.1, -0.05) is 32.1 Å². The summed E-state index contributed by atoms with van der Waals surface area (Å²) in [4.78, 5) is 24.0. The van der Waals surface area contributed by atoms with E-state index in [1.54, 1.807) is 6.20 Å². The Morgan fingerprint density at radius 3 is 2.64 bits per heavy atom. The van der Waals surface area contributed by atoms with Crippen LogP contribution in [0, 0.1) is 12.8 Å². The molecular formula is C21H33N3O4. The highest BCUT2D eigenvalue weighted by Gasteiger charge is 2.25. The molecule has 1 saturated heterocycles. The van der Waals surface area contributed by atoms with Crippen LogP contribution in [0.1, 0.15) is 86.3 Å². The Kier molecular flexibility index (Phi) is 7.48. The van der Waals surface area contributed by atoms with Gasteiger partial charge in [0, 0.05) is 31.4 Å². The quantitative estimate of drug-likeness (QED) is 0.708. The molecule has 1 aromatic rings. The molecule has 156 valence electrons. The molecule has 0 aromatic carbocycles. The maximum atomic E-state index is 12.9. The average Bonchev–Trinajstić information content (AvgIpc) is 3.09. The molecule has 1 aliphatic heterocycles. The lowest BCUT2D eigenvalue weighted by molar-refractivity contribution is -0.137. The van der Waals surface area contributed by atoms with Crippen molar-refractivity contribution in [3.63, 3.8) is 0 Å². The molecule has 2 N–H and O–H groups in total. The van der Waals surface area contributed by atoms with Gasteiger partial charge >= 0.3 is 5.97 Å². The van der Waals surface area contributed by atoms with Gasteiger partial charge in [-0.05, 0) is 38.5 Å². The largest absolute Gasteiger partial charge is 0.481 e. The van der Waals surface area contributed by atoms with Crippen LogP contribution in [-0.2, 0) is 9.53 Å². The summed E-state index contributed by atoms with van der Waals surface area (Å²) in [6.45, 7) is 3.39. The number of nitrogens with zero attached hydrogens (tertiary/aromatic N) is 2. The molecule has 28 heavy (non-hydrogen) atoms. The second kappa shape index (κ2) is 10.0. The molecule has 0 bridgehead atoms. The first-order valence-electron chi connectivity index (χ1n) is 10.7. The first-order valence-corrected chi connectivity index (χ1v) is 10.7. The molecule has 7 heteroatoms. The van der Waals surface area contributed by atoms with Crippen molar-refractivity contribution in [2.24, 2.45) is 5.92 Å². The van der Waals surface area contributed by atoms with Crippen LogP contribution >= 0.6 is 0 Å². The summed E-state index contributed by atoms with van der Waals surface area (Å²) in [5, 5.41) is 16.7. The van der Waals surface area contributed by atoms with Crippen LogP contribution in [0.4, 0.5) is 0 Å². The van der Waals surface area contributed by atoms with Gasteiger partial charge in [0.25, 0.3) is 5.91 Å². The number of carboxylic acids is 1. The molecule has 1 saturated carbocycles. The summed E-state index contributed by atoms with van der Waals surface area (Å²) in [6, 6.07) is 0.179. The number of ether oxygens (including phenoxy) is 1. The van der Waals surface area contributed by atoms with Crippen molar-refractivity contribution in [2.45, 2.75) is 83.2 Å². The maximum Gasteiger partial charge on any atom is 0.303 e. The van der Waals surface area contributed by atoms with Gasteiger partial charge in [0.2, 0.25) is 0 Å². The van der Waals surface area contributed by atoms with E-state index in [4.69, 9.17) is 9.84 Å². The summed E-state index contributed by atoms with van der Waals surface area (Å²) in [7, 11) is 0. The summed E-state index contributed by atoms with van der Waals surface area (Å²) in [6.07, 6.45) is 11.0. The van der Waals surface area contributed by atoms with Crippen molar-refractivity contribution < 1.29 is 19.4 Å². The number of aromatic nitrogens is 2. The van der Waals surface area contributed by atoms with Gasteiger partial charge in [0.1, 0.15) is 0 Å². The predicted octanol–water partition coefficient (Wildman–Crippen LogP) is 3.48. The smallest absolute Gasteiger partial charge is 0.303 e. The summed E-state index contributed by atoms with van der Waals surface area (Å²) in [5.41, 5.74) is 1.47. The third-order valence-electron chi connectivity index (χ3n) is 6.21. The number of carbonyl (C=O) groups excluding carboxylic acids is 1. The molecule has 7 nitrogen and oxygen atoms in total. The van der Waals surface area contributed by atoms with E-state index in [1.165, 1.54) is 32.1 Å². The Morgan fingerprint density at radius 1 is 1.25 bits per heavy atom. The third-order valence-corrected chi connectivity index (χ3v) is 6.21. The second-order valence-electron chi connectivity index (χ2n) is 8.27. The molecule has 2 heterocycles. The fraction of sp³-hybridized carbons (Fsp3) is 0.762. The second-order valence-corrected chi connectivity index (χ2v) is 8.27. The first kappa shape index (κ1) is 20.8. The number of carbonyl (C=O) groups is 2. The van der Waals surface area contributed by atoms with Crippen LogP contribution in [0.5, 0.6) is 0 Å². The predicted molar refractivity (Wildman–Crippen MR) is 105 cm³/mol. The van der Waals surface area contributed by atoms with Crippen molar-refractivity contribution in [2.75, 3.05) is 13.2 Å². The monoisotopic (exact) mass is 391 g/mol. The lowest BCUT2D eigenvalue weighted by atomic mass is 9.84. The van der Waals surface area contributed by atoms with Gasteiger partial charge in [-0.2, -0.15) is 5.10 Å². The number of hydrogen-bond donors (Lipinski definition) is 2. The van der Waals surface area contributed by atoms with E-state index >= 15 is 0 Å². The molecule has 3 rings (SSSR count). The van der Waals surface area contributed by atoms with E-state index in [0.717, 1.165) is 38.2 Å². The van der Waals surface area contributed by atoms with Gasteiger partial charge < -0.3 is 15.2 Å². The van der Waals surface area contributed by atoms with Crippen LogP contribution in [0.25, 0.3) is 0 Å². The summed E-state index contributed by atoms with van der Waals surface area (Å²) in [5.74, 6) is -0.368. The lowest BCUT2D eigenvalue weighted by Crippen LogP contribution is -2.37. The van der Waals surface area contributed by atoms with E-state index in [1.807, 2.05) is 11.6 Å². The topological polar surface area (TPSA) is 93.5 Å². The zero-order valence-electron chi connectivity index (χ0n) is 16.9. The van der Waals surface area contributed by atoms with Crippen LogP contribution in [-0.4, -0.2) is 46.0 Å². The van der Waals surface area contributed by atoms with Gasteiger partial charge in [0.15, 0.2) is 0 Å². The van der Waals surface area contributed by atoms with E-state index in [2.05, 4.69) is 10.4 Å². The summed E-state index contributed by atoms with van der Waals surface area (Å²) >= 11 is 0. The molecule has 1 atom stereocenters. The zero-order valence-corrected chi connectivity index (χ0v) is 16.9. The van der Waals surface area contributed by atoms with Crippen LogP contribution in [0.3, 0.4) is 0 Å². The molecule has 1 aliphatic carbocycles. The molecule has 0 spiro atoms. The van der Waals surface area contributed by atoms with E-state index in [0.29, 0.717) is 17.9 Å². The molecule has 2 aliphatic rings. The molecule has 1 unspecified atom stereocenters. The number of nitrogens with one attached hydrogen (secondary N) is 1. The highest BCUT2D eigenvalue weighted by Crippen LogP contribution is 2.28. The Hall–Kier alpha value is -1.89. The third kappa shape index (κ3) is 5.56. The number of hydrogen-bond acceptors (Lipinski definition) is 4. The average molecular weight is 392 g/mol. The van der Waals surface area contributed by atoms with Gasteiger partial charge in [-0.15, -0.1) is 0 Å². The maximum absolute atomic E-state index is 12.9. The SMILES string of the molecule is Cc1c(C(=O)NC(CCC(=O)O)CC2CCCCC2)cnn1C1CCOCC1. The van der Waals surface area contributed by atoms with E-state index < -0.39 is 5.97 Å². The van der Waals surface area contributed by atoms with Crippen LogP contribution in [0.15, 0.2) is 6.20 Å². The minimum atomic E-state index is -0.814. The van der Waals surface area contributed by atoms with Crippen molar-refractivity contribution in [3.05, 3.63) is 17.5 Å².